The Balaban J connectivity index is 2.13. The minimum Gasteiger partial charge on any atom is -0.314 e. The van der Waals surface area contributed by atoms with Crippen LogP contribution in [0, 0.1) is 19.8 Å². The number of rotatable bonds is 4. The van der Waals surface area contributed by atoms with Gasteiger partial charge in [0.2, 0.25) is 0 Å². The Kier molecular flexibility index (Phi) is 4.45. The van der Waals surface area contributed by atoms with Crippen LogP contribution in [0.25, 0.3) is 0 Å². The lowest BCUT2D eigenvalue weighted by molar-refractivity contribution is 0.404. The number of hydrogen-bond donors (Lipinski definition) is 1. The molecule has 1 nitrogen and oxygen atoms in total. The molecule has 3 atom stereocenters. The zero-order valence-electron chi connectivity index (χ0n) is 12.3. The Bertz CT molecular complexity index is 397. The first-order valence-electron chi connectivity index (χ1n) is 7.44. The van der Waals surface area contributed by atoms with Crippen LogP contribution in [0.15, 0.2) is 18.2 Å². The van der Waals surface area contributed by atoms with E-state index in [1.807, 2.05) is 0 Å². The third-order valence-corrected chi connectivity index (χ3v) is 4.76. The molecule has 0 saturated heterocycles. The van der Waals surface area contributed by atoms with Crippen LogP contribution in [-0.4, -0.2) is 12.6 Å². The van der Waals surface area contributed by atoms with E-state index in [9.17, 15) is 0 Å². The van der Waals surface area contributed by atoms with Crippen LogP contribution in [0.1, 0.15) is 55.7 Å². The number of aryl methyl sites for hydroxylation is 1. The maximum atomic E-state index is 3.71. The molecule has 0 spiro atoms. The molecule has 1 saturated carbocycles. The van der Waals surface area contributed by atoms with E-state index in [0.717, 1.165) is 24.4 Å². The Morgan fingerprint density at radius 3 is 2.72 bits per heavy atom. The van der Waals surface area contributed by atoms with Gasteiger partial charge < -0.3 is 5.32 Å². The number of benzene rings is 1. The maximum Gasteiger partial charge on any atom is 0.00987 e. The average molecular weight is 245 g/mol. The van der Waals surface area contributed by atoms with E-state index in [0.29, 0.717) is 0 Å². The summed E-state index contributed by atoms with van der Waals surface area (Å²) in [5, 5.41) is 3.71. The summed E-state index contributed by atoms with van der Waals surface area (Å²) in [6.07, 6.45) is 3.91. The van der Waals surface area contributed by atoms with E-state index in [1.54, 1.807) is 5.56 Å². The van der Waals surface area contributed by atoms with Crippen molar-refractivity contribution in [1.82, 2.24) is 5.32 Å². The second-order valence-electron chi connectivity index (χ2n) is 5.89. The summed E-state index contributed by atoms with van der Waals surface area (Å²) in [6.45, 7) is 10.3. The Hall–Kier alpha value is -0.820. The van der Waals surface area contributed by atoms with Gasteiger partial charge in [0.25, 0.3) is 0 Å². The molecule has 0 heterocycles. The van der Waals surface area contributed by atoms with Gasteiger partial charge in [-0.2, -0.15) is 0 Å². The highest BCUT2D eigenvalue weighted by Crippen LogP contribution is 2.41. The molecule has 2 rings (SSSR count). The highest BCUT2D eigenvalue weighted by atomic mass is 14.9. The molecule has 0 amide bonds. The lowest BCUT2D eigenvalue weighted by atomic mass is 9.85. The molecule has 0 aliphatic heterocycles. The summed E-state index contributed by atoms with van der Waals surface area (Å²) in [6, 6.07) is 7.50. The van der Waals surface area contributed by atoms with Gasteiger partial charge in [-0.3, -0.25) is 0 Å². The minimum absolute atomic E-state index is 0.717. The lowest BCUT2D eigenvalue weighted by Crippen LogP contribution is -2.32. The van der Waals surface area contributed by atoms with Crippen molar-refractivity contribution in [3.05, 3.63) is 34.9 Å². The molecule has 0 bridgehead atoms. The van der Waals surface area contributed by atoms with Gasteiger partial charge in [0.1, 0.15) is 0 Å². The lowest BCUT2D eigenvalue weighted by Gasteiger charge is -2.24. The summed E-state index contributed by atoms with van der Waals surface area (Å²) in [4.78, 5) is 0. The predicted molar refractivity (Wildman–Crippen MR) is 79.1 cm³/mol. The van der Waals surface area contributed by atoms with Gasteiger partial charge in [0, 0.05) is 6.04 Å². The maximum absolute atomic E-state index is 3.71. The molecule has 18 heavy (non-hydrogen) atoms. The molecule has 0 radical (unpaired) electrons. The Morgan fingerprint density at radius 1 is 1.22 bits per heavy atom. The number of hydrogen-bond acceptors (Lipinski definition) is 1. The van der Waals surface area contributed by atoms with Gasteiger partial charge in [-0.15, -0.1) is 0 Å². The standard InChI is InChI=1S/C17H27N/c1-5-11-18-17-10-9-16(14(17)4)15-8-6-7-12(2)13(15)3/h6-8,14,16-18H,5,9-11H2,1-4H3. The topological polar surface area (TPSA) is 12.0 Å². The normalized spacial score (nSPS) is 27.7. The predicted octanol–water partition coefficient (Wildman–Crippen LogP) is 4.19. The van der Waals surface area contributed by atoms with Crippen molar-refractivity contribution in [2.75, 3.05) is 6.54 Å². The quantitative estimate of drug-likeness (QED) is 0.839. The summed E-state index contributed by atoms with van der Waals surface area (Å²) < 4.78 is 0. The van der Waals surface area contributed by atoms with E-state index < -0.39 is 0 Å². The van der Waals surface area contributed by atoms with E-state index in [2.05, 4.69) is 51.2 Å². The number of nitrogens with one attached hydrogen (secondary N) is 1. The van der Waals surface area contributed by atoms with Crippen LogP contribution < -0.4 is 5.32 Å². The molecule has 100 valence electrons. The Morgan fingerprint density at radius 2 is 2.00 bits per heavy atom. The second kappa shape index (κ2) is 5.88. The van der Waals surface area contributed by atoms with E-state index in [4.69, 9.17) is 0 Å². The van der Waals surface area contributed by atoms with Crippen LogP contribution >= 0.6 is 0 Å². The van der Waals surface area contributed by atoms with Gasteiger partial charge in [-0.25, -0.2) is 0 Å². The van der Waals surface area contributed by atoms with Crippen LogP contribution in [0.3, 0.4) is 0 Å². The summed E-state index contributed by atoms with van der Waals surface area (Å²) >= 11 is 0. The van der Waals surface area contributed by atoms with E-state index in [1.165, 1.54) is 30.4 Å². The van der Waals surface area contributed by atoms with Crippen LogP contribution in [-0.2, 0) is 0 Å². The summed E-state index contributed by atoms with van der Waals surface area (Å²) in [5.74, 6) is 1.51. The first kappa shape index (κ1) is 13.6. The molecule has 1 aromatic rings. The summed E-state index contributed by atoms with van der Waals surface area (Å²) in [5.41, 5.74) is 4.53. The van der Waals surface area contributed by atoms with Gasteiger partial charge in [0.15, 0.2) is 0 Å². The van der Waals surface area contributed by atoms with E-state index >= 15 is 0 Å². The van der Waals surface area contributed by atoms with Crippen molar-refractivity contribution < 1.29 is 0 Å². The monoisotopic (exact) mass is 245 g/mol. The fraction of sp³-hybridized carbons (Fsp3) is 0.647. The zero-order valence-corrected chi connectivity index (χ0v) is 12.3. The van der Waals surface area contributed by atoms with Crippen molar-refractivity contribution in [1.29, 1.82) is 0 Å². The smallest absolute Gasteiger partial charge is 0.00987 e. The zero-order chi connectivity index (χ0) is 13.1. The molecular formula is C17H27N. The molecular weight excluding hydrogens is 218 g/mol. The van der Waals surface area contributed by atoms with Gasteiger partial charge in [-0.1, -0.05) is 32.0 Å². The third-order valence-electron chi connectivity index (χ3n) is 4.76. The highest BCUT2D eigenvalue weighted by Gasteiger charge is 2.33. The molecule has 1 aliphatic carbocycles. The van der Waals surface area contributed by atoms with Crippen molar-refractivity contribution in [2.24, 2.45) is 5.92 Å². The first-order chi connectivity index (χ1) is 8.65. The van der Waals surface area contributed by atoms with Crippen LogP contribution in [0.5, 0.6) is 0 Å². The molecule has 1 heteroatoms. The Labute approximate surface area is 112 Å². The van der Waals surface area contributed by atoms with Gasteiger partial charge in [0.05, 0.1) is 0 Å². The SMILES string of the molecule is CCCNC1CCC(c2cccc(C)c2C)C1C. The molecule has 0 aromatic heterocycles. The van der Waals surface area contributed by atoms with Crippen molar-refractivity contribution >= 4 is 0 Å². The van der Waals surface area contributed by atoms with Crippen LogP contribution in [0.4, 0.5) is 0 Å². The average Bonchev–Trinajstić information content (AvgIpc) is 2.72. The fourth-order valence-electron chi connectivity index (χ4n) is 3.40. The van der Waals surface area contributed by atoms with Crippen molar-refractivity contribution in [3.8, 4) is 0 Å². The van der Waals surface area contributed by atoms with Crippen LogP contribution in [0.2, 0.25) is 0 Å². The molecule has 3 unspecified atom stereocenters. The molecule has 1 N–H and O–H groups in total. The fourth-order valence-corrected chi connectivity index (χ4v) is 3.40. The van der Waals surface area contributed by atoms with Crippen molar-refractivity contribution in [3.63, 3.8) is 0 Å². The molecule has 1 aromatic carbocycles. The largest absolute Gasteiger partial charge is 0.314 e. The highest BCUT2D eigenvalue weighted by molar-refractivity contribution is 5.36. The first-order valence-corrected chi connectivity index (χ1v) is 7.44. The second-order valence-corrected chi connectivity index (χ2v) is 5.89. The molecule has 1 fully saturated rings. The van der Waals surface area contributed by atoms with Crippen molar-refractivity contribution in [2.45, 2.75) is 58.9 Å². The van der Waals surface area contributed by atoms with Gasteiger partial charge in [-0.05, 0) is 68.2 Å². The third kappa shape index (κ3) is 2.61. The van der Waals surface area contributed by atoms with Gasteiger partial charge >= 0.3 is 0 Å². The molecule has 1 aliphatic rings. The summed E-state index contributed by atoms with van der Waals surface area (Å²) in [7, 11) is 0. The van der Waals surface area contributed by atoms with E-state index in [-0.39, 0.29) is 0 Å². The minimum atomic E-state index is 0.717.